The number of halogens is 1. The Balaban J connectivity index is 0.00000147. The fraction of sp³-hybridized carbons (Fsp3) is 0.429. The summed E-state index contributed by atoms with van der Waals surface area (Å²) in [6.07, 6.45) is 2.61. The molecular weight excluding hydrogens is 294 g/mol. The number of aromatic nitrogens is 1. The predicted octanol–water partition coefficient (Wildman–Crippen LogP) is 3.09. The maximum Gasteiger partial charge on any atom is 0.229 e. The zero-order chi connectivity index (χ0) is 13.4. The molecule has 1 aliphatic rings. The number of rotatable bonds is 2. The molecule has 0 saturated heterocycles. The molecule has 20 heavy (non-hydrogen) atoms. The van der Waals surface area contributed by atoms with Crippen LogP contribution in [0.5, 0.6) is 0 Å². The first-order valence-corrected chi connectivity index (χ1v) is 7.38. The summed E-state index contributed by atoms with van der Waals surface area (Å²) in [5, 5.41) is 3.62. The lowest BCUT2D eigenvalue weighted by atomic mass is 10.1. The van der Waals surface area contributed by atoms with Gasteiger partial charge in [0, 0.05) is 12.0 Å². The van der Waals surface area contributed by atoms with Crippen LogP contribution in [0.1, 0.15) is 24.8 Å². The van der Waals surface area contributed by atoms with E-state index >= 15 is 0 Å². The highest BCUT2D eigenvalue weighted by Crippen LogP contribution is 2.30. The van der Waals surface area contributed by atoms with E-state index in [4.69, 9.17) is 5.73 Å². The van der Waals surface area contributed by atoms with Gasteiger partial charge in [-0.3, -0.25) is 4.79 Å². The van der Waals surface area contributed by atoms with Crippen molar-refractivity contribution in [2.45, 2.75) is 32.2 Å². The van der Waals surface area contributed by atoms with Gasteiger partial charge in [-0.1, -0.05) is 23.5 Å². The lowest BCUT2D eigenvalue weighted by Gasteiger charge is -2.07. The number of thiazole rings is 1. The molecule has 0 bridgehead atoms. The van der Waals surface area contributed by atoms with Crippen LogP contribution in [-0.4, -0.2) is 16.9 Å². The first-order valence-electron chi connectivity index (χ1n) is 6.56. The maximum atomic E-state index is 12.1. The summed E-state index contributed by atoms with van der Waals surface area (Å²) in [5.74, 6) is 0.104. The molecule has 4 nitrogen and oxygen atoms in total. The van der Waals surface area contributed by atoms with Crippen molar-refractivity contribution in [2.24, 2.45) is 11.7 Å². The number of nitrogens with zero attached hydrogens (tertiary/aromatic N) is 1. The van der Waals surface area contributed by atoms with Crippen LogP contribution in [0.3, 0.4) is 0 Å². The molecule has 0 aliphatic heterocycles. The summed E-state index contributed by atoms with van der Waals surface area (Å²) >= 11 is 1.53. The third-order valence-corrected chi connectivity index (χ3v) is 4.63. The van der Waals surface area contributed by atoms with Gasteiger partial charge in [-0.25, -0.2) is 4.98 Å². The summed E-state index contributed by atoms with van der Waals surface area (Å²) in [4.78, 5) is 16.6. The van der Waals surface area contributed by atoms with E-state index in [-0.39, 0.29) is 30.3 Å². The molecule has 1 amide bonds. The fourth-order valence-corrected chi connectivity index (χ4v) is 3.55. The van der Waals surface area contributed by atoms with Crippen molar-refractivity contribution in [3.05, 3.63) is 23.8 Å². The van der Waals surface area contributed by atoms with Crippen LogP contribution in [0.15, 0.2) is 18.2 Å². The van der Waals surface area contributed by atoms with E-state index in [2.05, 4.69) is 10.3 Å². The molecular formula is C14H18ClN3OS. The molecule has 1 aromatic carbocycles. The van der Waals surface area contributed by atoms with Gasteiger partial charge in [0.2, 0.25) is 5.91 Å². The summed E-state index contributed by atoms with van der Waals surface area (Å²) in [5.41, 5.74) is 7.96. The molecule has 0 spiro atoms. The van der Waals surface area contributed by atoms with Crippen molar-refractivity contribution in [3.63, 3.8) is 0 Å². The van der Waals surface area contributed by atoms with Crippen LogP contribution >= 0.6 is 23.7 Å². The Kier molecular flexibility index (Phi) is 4.62. The summed E-state index contributed by atoms with van der Waals surface area (Å²) in [7, 11) is 0. The maximum absolute atomic E-state index is 12.1. The number of amides is 1. The number of hydrogen-bond donors (Lipinski definition) is 2. The fourth-order valence-electron chi connectivity index (χ4n) is 2.60. The van der Waals surface area contributed by atoms with Gasteiger partial charge < -0.3 is 11.1 Å². The molecule has 108 valence electrons. The number of para-hydroxylation sites is 1. The smallest absolute Gasteiger partial charge is 0.229 e. The van der Waals surface area contributed by atoms with Crippen LogP contribution in [0.25, 0.3) is 10.2 Å². The van der Waals surface area contributed by atoms with E-state index in [1.807, 2.05) is 25.1 Å². The van der Waals surface area contributed by atoms with Gasteiger partial charge >= 0.3 is 0 Å². The third kappa shape index (κ3) is 2.95. The number of hydrogen-bond acceptors (Lipinski definition) is 4. The van der Waals surface area contributed by atoms with Crippen LogP contribution < -0.4 is 11.1 Å². The zero-order valence-electron chi connectivity index (χ0n) is 11.3. The van der Waals surface area contributed by atoms with Crippen LogP contribution in [0, 0.1) is 12.8 Å². The van der Waals surface area contributed by atoms with Crippen molar-refractivity contribution in [2.75, 3.05) is 5.32 Å². The monoisotopic (exact) mass is 311 g/mol. The van der Waals surface area contributed by atoms with Gasteiger partial charge in [0.1, 0.15) is 0 Å². The van der Waals surface area contributed by atoms with Gasteiger partial charge in [-0.15, -0.1) is 12.4 Å². The number of benzene rings is 1. The van der Waals surface area contributed by atoms with E-state index in [1.54, 1.807) is 0 Å². The second kappa shape index (κ2) is 6.08. The molecule has 6 heteroatoms. The van der Waals surface area contributed by atoms with Gasteiger partial charge in [-0.2, -0.15) is 0 Å². The number of carbonyl (C=O) groups is 1. The average molecular weight is 312 g/mol. The van der Waals surface area contributed by atoms with E-state index in [9.17, 15) is 4.79 Å². The van der Waals surface area contributed by atoms with Crippen molar-refractivity contribution in [1.82, 2.24) is 4.98 Å². The highest BCUT2D eigenvalue weighted by Gasteiger charge is 2.28. The second-order valence-electron chi connectivity index (χ2n) is 5.20. The number of fused-ring (bicyclic) bond motifs is 1. The average Bonchev–Trinajstić information content (AvgIpc) is 2.96. The Bertz CT molecular complexity index is 628. The minimum atomic E-state index is 0. The molecule has 3 N–H and O–H groups in total. The Morgan fingerprint density at radius 1 is 1.45 bits per heavy atom. The number of anilines is 1. The third-order valence-electron chi connectivity index (χ3n) is 3.69. The number of aryl methyl sites for hydroxylation is 1. The van der Waals surface area contributed by atoms with Crippen molar-refractivity contribution >= 4 is 45.0 Å². The quantitative estimate of drug-likeness (QED) is 0.895. The van der Waals surface area contributed by atoms with E-state index in [0.717, 1.165) is 35.0 Å². The summed E-state index contributed by atoms with van der Waals surface area (Å²) < 4.78 is 1.11. The molecule has 3 rings (SSSR count). The van der Waals surface area contributed by atoms with Gasteiger partial charge in [0.25, 0.3) is 0 Å². The lowest BCUT2D eigenvalue weighted by Crippen LogP contribution is -2.23. The standard InChI is InChI=1S/C14H17N3OS.ClH/c1-8-3-2-4-11-12(8)16-14(19-11)17-13(18)9-5-6-10(15)7-9;/h2-4,9-10H,5-7,15H2,1H3,(H,16,17,18);1H. The number of carbonyl (C=O) groups excluding carboxylic acids is 1. The molecule has 1 saturated carbocycles. The van der Waals surface area contributed by atoms with E-state index in [1.165, 1.54) is 11.3 Å². The van der Waals surface area contributed by atoms with Gasteiger partial charge in [0.05, 0.1) is 10.2 Å². The zero-order valence-corrected chi connectivity index (χ0v) is 12.9. The lowest BCUT2D eigenvalue weighted by molar-refractivity contribution is -0.119. The Labute approximate surface area is 128 Å². The molecule has 2 aromatic rings. The Morgan fingerprint density at radius 2 is 2.25 bits per heavy atom. The molecule has 1 aromatic heterocycles. The molecule has 1 fully saturated rings. The molecule has 1 aliphatic carbocycles. The minimum Gasteiger partial charge on any atom is -0.328 e. The summed E-state index contributed by atoms with van der Waals surface area (Å²) in [6.45, 7) is 2.03. The van der Waals surface area contributed by atoms with E-state index < -0.39 is 0 Å². The summed E-state index contributed by atoms with van der Waals surface area (Å²) in [6, 6.07) is 6.25. The first-order chi connectivity index (χ1) is 9.13. The molecule has 2 atom stereocenters. The van der Waals surface area contributed by atoms with Crippen molar-refractivity contribution in [3.8, 4) is 0 Å². The normalized spacial score (nSPS) is 21.7. The second-order valence-corrected chi connectivity index (χ2v) is 6.23. The van der Waals surface area contributed by atoms with Gasteiger partial charge in [-0.05, 0) is 37.8 Å². The number of nitrogens with two attached hydrogens (primary N) is 1. The minimum absolute atomic E-state index is 0. The van der Waals surface area contributed by atoms with Gasteiger partial charge in [0.15, 0.2) is 5.13 Å². The topological polar surface area (TPSA) is 68.0 Å². The Hall–Kier alpha value is -1.17. The highest BCUT2D eigenvalue weighted by molar-refractivity contribution is 7.22. The van der Waals surface area contributed by atoms with Crippen molar-refractivity contribution in [1.29, 1.82) is 0 Å². The highest BCUT2D eigenvalue weighted by atomic mass is 35.5. The largest absolute Gasteiger partial charge is 0.328 e. The SMILES string of the molecule is Cc1cccc2sc(NC(=O)C3CCC(N)C3)nc12.Cl. The molecule has 0 radical (unpaired) electrons. The Morgan fingerprint density at radius 3 is 2.90 bits per heavy atom. The van der Waals surface area contributed by atoms with Crippen molar-refractivity contribution < 1.29 is 4.79 Å². The molecule has 1 heterocycles. The van der Waals surface area contributed by atoms with Crippen LogP contribution in [0.2, 0.25) is 0 Å². The van der Waals surface area contributed by atoms with Crippen LogP contribution in [-0.2, 0) is 4.79 Å². The predicted molar refractivity (Wildman–Crippen MR) is 85.6 cm³/mol. The first kappa shape index (κ1) is 15.2. The molecule has 2 unspecified atom stereocenters. The number of nitrogens with one attached hydrogen (secondary N) is 1. The van der Waals surface area contributed by atoms with E-state index in [0.29, 0.717) is 5.13 Å². The van der Waals surface area contributed by atoms with Crippen LogP contribution in [0.4, 0.5) is 5.13 Å².